The maximum absolute atomic E-state index is 13.6. The summed E-state index contributed by atoms with van der Waals surface area (Å²) in [5, 5.41) is 4.92. The van der Waals surface area contributed by atoms with Gasteiger partial charge in [-0.1, -0.05) is 54.1 Å². The highest BCUT2D eigenvalue weighted by molar-refractivity contribution is 7.89. The quantitative estimate of drug-likeness (QED) is 0.341. The lowest BCUT2D eigenvalue weighted by atomic mass is 10.1. The van der Waals surface area contributed by atoms with Crippen molar-refractivity contribution >= 4 is 21.6 Å². The summed E-state index contributed by atoms with van der Waals surface area (Å²) in [7, 11) is 0.582. The van der Waals surface area contributed by atoms with Crippen LogP contribution >= 0.6 is 11.6 Å². The van der Waals surface area contributed by atoms with Gasteiger partial charge >= 0.3 is 0 Å². The predicted octanol–water partition coefficient (Wildman–Crippen LogP) is 5.03. The van der Waals surface area contributed by atoms with Crippen molar-refractivity contribution in [3.63, 3.8) is 0 Å². The van der Waals surface area contributed by atoms with Gasteiger partial charge in [0.1, 0.15) is 16.4 Å². The molecule has 9 heteroatoms. The van der Waals surface area contributed by atoms with Gasteiger partial charge in [-0.3, -0.25) is 0 Å². The third-order valence-corrected chi connectivity index (χ3v) is 7.57. The molecule has 0 radical (unpaired) electrons. The number of sulfonamides is 1. The van der Waals surface area contributed by atoms with Gasteiger partial charge in [0.15, 0.2) is 0 Å². The van der Waals surface area contributed by atoms with Crippen LogP contribution in [-0.4, -0.2) is 43.8 Å². The van der Waals surface area contributed by atoms with Gasteiger partial charge < -0.3 is 9.47 Å². The summed E-state index contributed by atoms with van der Waals surface area (Å²) in [6.45, 7) is 0.214. The number of halogens is 1. The Labute approximate surface area is 204 Å². The molecule has 0 saturated carbocycles. The van der Waals surface area contributed by atoms with Crippen LogP contribution < -0.4 is 9.47 Å². The Morgan fingerprint density at radius 3 is 2.29 bits per heavy atom. The molecule has 7 nitrogen and oxygen atoms in total. The number of hydrogen-bond donors (Lipinski definition) is 0. The molecular formula is C25H24ClN3O4S. The van der Waals surface area contributed by atoms with Crippen LogP contribution in [0.3, 0.4) is 0 Å². The van der Waals surface area contributed by atoms with Crippen molar-refractivity contribution in [2.45, 2.75) is 11.4 Å². The van der Waals surface area contributed by atoms with Gasteiger partial charge in [-0.2, -0.15) is 9.40 Å². The second kappa shape index (κ2) is 9.89. The molecule has 4 rings (SSSR count). The average molecular weight is 498 g/mol. The third kappa shape index (κ3) is 4.52. The molecule has 3 aromatic carbocycles. The lowest BCUT2D eigenvalue weighted by Gasteiger charge is -2.21. The predicted molar refractivity (Wildman–Crippen MR) is 132 cm³/mol. The Morgan fingerprint density at radius 1 is 0.941 bits per heavy atom. The van der Waals surface area contributed by atoms with Gasteiger partial charge in [0.2, 0.25) is 10.0 Å². The van der Waals surface area contributed by atoms with E-state index in [4.69, 9.17) is 21.1 Å². The van der Waals surface area contributed by atoms with Crippen LogP contribution in [0.4, 0.5) is 0 Å². The Kier molecular flexibility index (Phi) is 6.92. The molecule has 0 spiro atoms. The first-order valence-corrected chi connectivity index (χ1v) is 12.2. The highest BCUT2D eigenvalue weighted by atomic mass is 35.5. The van der Waals surface area contributed by atoms with Gasteiger partial charge in [-0.05, 0) is 29.8 Å². The molecule has 34 heavy (non-hydrogen) atoms. The molecule has 0 aliphatic rings. The molecule has 0 amide bonds. The van der Waals surface area contributed by atoms with Gasteiger partial charge in [-0.25, -0.2) is 13.1 Å². The van der Waals surface area contributed by atoms with Crippen LogP contribution in [0.1, 0.15) is 5.56 Å². The first-order chi connectivity index (χ1) is 16.4. The standard InChI is InChI=1S/C25H24ClN3O4S/c1-28(17-18-9-5-4-6-10-18)34(30,31)25-15-19(23(32-2)16-24(25)33-3)21-13-14-27-29(21)22-12-8-7-11-20(22)26/h4-16H,17H2,1-3H3. The number of para-hydroxylation sites is 1. The highest BCUT2D eigenvalue weighted by Gasteiger charge is 2.28. The van der Waals surface area contributed by atoms with Crippen LogP contribution in [0.25, 0.3) is 16.9 Å². The molecule has 0 atom stereocenters. The van der Waals surface area contributed by atoms with Crippen LogP contribution in [-0.2, 0) is 16.6 Å². The molecular weight excluding hydrogens is 474 g/mol. The Balaban J connectivity index is 1.85. The smallest absolute Gasteiger partial charge is 0.246 e. The molecule has 0 saturated heterocycles. The fourth-order valence-corrected chi connectivity index (χ4v) is 5.22. The van der Waals surface area contributed by atoms with Crippen LogP contribution in [0.2, 0.25) is 5.02 Å². The fraction of sp³-hybridized carbons (Fsp3) is 0.160. The first kappa shape index (κ1) is 23.8. The normalized spacial score (nSPS) is 11.6. The van der Waals surface area contributed by atoms with Crippen LogP contribution in [0.15, 0.2) is 83.9 Å². The summed E-state index contributed by atoms with van der Waals surface area (Å²) in [5.74, 6) is 0.625. The van der Waals surface area contributed by atoms with E-state index in [1.54, 1.807) is 42.2 Å². The van der Waals surface area contributed by atoms with Crippen molar-refractivity contribution in [2.24, 2.45) is 0 Å². The van der Waals surface area contributed by atoms with E-state index in [0.29, 0.717) is 27.7 Å². The van der Waals surface area contributed by atoms with Gasteiger partial charge in [0.25, 0.3) is 0 Å². The van der Waals surface area contributed by atoms with Crippen molar-refractivity contribution in [3.05, 3.63) is 89.6 Å². The van der Waals surface area contributed by atoms with E-state index in [1.165, 1.54) is 18.5 Å². The largest absolute Gasteiger partial charge is 0.496 e. The molecule has 1 heterocycles. The van der Waals surface area contributed by atoms with Crippen molar-refractivity contribution < 1.29 is 17.9 Å². The monoisotopic (exact) mass is 497 g/mol. The molecule has 0 bridgehead atoms. The molecule has 1 aromatic heterocycles. The number of methoxy groups -OCH3 is 2. The molecule has 0 aliphatic carbocycles. The SMILES string of the molecule is COc1cc(OC)c(S(=O)(=O)N(C)Cc2ccccc2)cc1-c1ccnn1-c1ccccc1Cl. The van der Waals surface area contributed by atoms with Crippen LogP contribution in [0.5, 0.6) is 11.5 Å². The van der Waals surface area contributed by atoms with E-state index in [9.17, 15) is 8.42 Å². The topological polar surface area (TPSA) is 73.7 Å². The lowest BCUT2D eigenvalue weighted by molar-refractivity contribution is 0.384. The minimum atomic E-state index is -3.91. The summed E-state index contributed by atoms with van der Waals surface area (Å²) in [4.78, 5) is 0.0242. The Hall–Kier alpha value is -3.33. The van der Waals surface area contributed by atoms with Crippen LogP contribution in [0, 0.1) is 0 Å². The van der Waals surface area contributed by atoms with Crippen molar-refractivity contribution in [2.75, 3.05) is 21.3 Å². The Morgan fingerprint density at radius 2 is 1.62 bits per heavy atom. The number of aromatic nitrogens is 2. The first-order valence-electron chi connectivity index (χ1n) is 10.4. The molecule has 0 unspecified atom stereocenters. The minimum Gasteiger partial charge on any atom is -0.496 e. The van der Waals surface area contributed by atoms with Crippen molar-refractivity contribution in [1.29, 1.82) is 0 Å². The summed E-state index contributed by atoms with van der Waals surface area (Å²) in [6, 6.07) is 21.6. The van der Waals surface area contributed by atoms with E-state index in [2.05, 4.69) is 5.10 Å². The van der Waals surface area contributed by atoms with Gasteiger partial charge in [-0.15, -0.1) is 0 Å². The maximum atomic E-state index is 13.6. The number of hydrogen-bond acceptors (Lipinski definition) is 5. The minimum absolute atomic E-state index is 0.0242. The Bertz CT molecular complexity index is 1400. The fourth-order valence-electron chi connectivity index (χ4n) is 3.69. The van der Waals surface area contributed by atoms with Crippen molar-refractivity contribution in [3.8, 4) is 28.4 Å². The number of rotatable bonds is 8. The number of benzene rings is 3. The zero-order valence-corrected chi connectivity index (χ0v) is 20.5. The van der Waals surface area contributed by atoms with E-state index < -0.39 is 10.0 Å². The summed E-state index contributed by atoms with van der Waals surface area (Å²) < 4.78 is 41.2. The lowest BCUT2D eigenvalue weighted by Crippen LogP contribution is -2.27. The number of nitrogens with zero attached hydrogens (tertiary/aromatic N) is 3. The summed E-state index contributed by atoms with van der Waals surface area (Å²) in [6.07, 6.45) is 1.62. The van der Waals surface area contributed by atoms with Crippen molar-refractivity contribution in [1.82, 2.24) is 14.1 Å². The van der Waals surface area contributed by atoms with E-state index >= 15 is 0 Å². The molecule has 0 N–H and O–H groups in total. The summed E-state index contributed by atoms with van der Waals surface area (Å²) in [5.41, 5.74) is 2.69. The molecule has 4 aromatic rings. The van der Waals surface area contributed by atoms with Gasteiger partial charge in [0.05, 0.1) is 36.8 Å². The summed E-state index contributed by atoms with van der Waals surface area (Å²) >= 11 is 6.40. The number of ether oxygens (including phenoxy) is 2. The molecule has 0 fully saturated rings. The maximum Gasteiger partial charge on any atom is 0.246 e. The average Bonchev–Trinajstić information content (AvgIpc) is 3.33. The molecule has 0 aliphatic heterocycles. The van der Waals surface area contributed by atoms with E-state index in [-0.39, 0.29) is 17.2 Å². The van der Waals surface area contributed by atoms with Gasteiger partial charge in [0, 0.05) is 25.2 Å². The second-order valence-corrected chi connectivity index (χ2v) is 9.95. The zero-order valence-electron chi connectivity index (χ0n) is 19.0. The second-order valence-electron chi connectivity index (χ2n) is 7.53. The third-order valence-electron chi connectivity index (χ3n) is 5.42. The molecule has 176 valence electrons. The van der Waals surface area contributed by atoms with E-state index in [1.807, 2.05) is 48.5 Å². The zero-order chi connectivity index (χ0) is 24.3. The van der Waals surface area contributed by atoms with E-state index in [0.717, 1.165) is 5.56 Å². The highest BCUT2D eigenvalue weighted by Crippen LogP contribution is 2.40.